The van der Waals surface area contributed by atoms with Crippen LogP contribution in [0.2, 0.25) is 0 Å². The molecule has 0 aromatic heterocycles. The van der Waals surface area contributed by atoms with Gasteiger partial charge >= 0.3 is 0 Å². The molecule has 0 unspecified atom stereocenters. The first kappa shape index (κ1) is 10.5. The zero-order chi connectivity index (χ0) is 10.1. The Hall–Kier alpha value is -0.610. The van der Waals surface area contributed by atoms with Crippen LogP contribution in [-0.2, 0) is 9.53 Å². The summed E-state index contributed by atoms with van der Waals surface area (Å²) in [4.78, 5) is 11.5. The van der Waals surface area contributed by atoms with E-state index < -0.39 is 6.04 Å². The van der Waals surface area contributed by atoms with Crippen molar-refractivity contribution in [3.63, 3.8) is 0 Å². The Labute approximate surface area is 78.8 Å². The Morgan fingerprint density at radius 1 is 1.54 bits per heavy atom. The van der Waals surface area contributed by atoms with E-state index >= 15 is 0 Å². The first-order valence-electron chi connectivity index (χ1n) is 4.55. The second kappa shape index (κ2) is 3.64. The van der Waals surface area contributed by atoms with Crippen molar-refractivity contribution in [3.05, 3.63) is 0 Å². The van der Waals surface area contributed by atoms with E-state index in [0.717, 1.165) is 0 Å². The van der Waals surface area contributed by atoms with Crippen LogP contribution < -0.4 is 11.1 Å². The number of amides is 1. The van der Waals surface area contributed by atoms with E-state index in [0.29, 0.717) is 13.2 Å². The molecule has 4 nitrogen and oxygen atoms in total. The summed E-state index contributed by atoms with van der Waals surface area (Å²) < 4.78 is 4.95. The third-order valence-electron chi connectivity index (χ3n) is 2.20. The molecular weight excluding hydrogens is 168 g/mol. The fraction of sp³-hybridized carbons (Fsp3) is 0.889. The minimum absolute atomic E-state index is 0.0826. The van der Waals surface area contributed by atoms with Crippen molar-refractivity contribution in [1.82, 2.24) is 5.32 Å². The van der Waals surface area contributed by atoms with E-state index in [1.54, 1.807) is 0 Å². The molecule has 1 heterocycles. The van der Waals surface area contributed by atoms with Crippen LogP contribution in [0.1, 0.15) is 20.8 Å². The van der Waals surface area contributed by atoms with Crippen LogP contribution in [0.15, 0.2) is 0 Å². The minimum Gasteiger partial charge on any atom is -0.377 e. The lowest BCUT2D eigenvalue weighted by Crippen LogP contribution is -2.56. The molecule has 1 fully saturated rings. The van der Waals surface area contributed by atoms with Gasteiger partial charge in [0.15, 0.2) is 0 Å². The molecule has 0 aromatic carbocycles. The predicted octanol–water partition coefficient (Wildman–Crippen LogP) is -0.125. The largest absolute Gasteiger partial charge is 0.377 e. The topological polar surface area (TPSA) is 64.4 Å². The molecule has 1 aliphatic rings. The summed E-state index contributed by atoms with van der Waals surface area (Å²) in [5, 5.41) is 2.83. The number of hydrogen-bond donors (Lipinski definition) is 2. The first-order chi connectivity index (χ1) is 5.91. The molecule has 0 aliphatic carbocycles. The number of hydrogen-bond acceptors (Lipinski definition) is 3. The summed E-state index contributed by atoms with van der Waals surface area (Å²) in [6, 6.07) is -0.283. The van der Waals surface area contributed by atoms with Gasteiger partial charge in [0.1, 0.15) is 0 Å². The van der Waals surface area contributed by atoms with Gasteiger partial charge in [0, 0.05) is 0 Å². The number of nitrogens with one attached hydrogen (secondary N) is 1. The molecule has 1 atom stereocenters. The lowest BCUT2D eigenvalue weighted by Gasteiger charge is -2.31. The highest BCUT2D eigenvalue weighted by Gasteiger charge is 2.30. The van der Waals surface area contributed by atoms with Crippen LogP contribution in [0, 0.1) is 5.41 Å². The summed E-state index contributed by atoms with van der Waals surface area (Å²) in [6.07, 6.45) is 0. The molecule has 1 aliphatic heterocycles. The van der Waals surface area contributed by atoms with Crippen LogP contribution in [0.25, 0.3) is 0 Å². The smallest absolute Gasteiger partial charge is 0.237 e. The zero-order valence-electron chi connectivity index (χ0n) is 8.46. The van der Waals surface area contributed by atoms with Gasteiger partial charge in [-0.05, 0) is 5.41 Å². The summed E-state index contributed by atoms with van der Waals surface area (Å²) in [5.74, 6) is -0.0826. The SMILES string of the molecule is CC(C)(C)[C@@H](N)C(=O)NC1COC1. The molecule has 0 bridgehead atoms. The zero-order valence-corrected chi connectivity index (χ0v) is 8.46. The Bertz CT molecular complexity index is 194. The van der Waals surface area contributed by atoms with E-state index in [1.165, 1.54) is 0 Å². The molecule has 1 rings (SSSR count). The standard InChI is InChI=1S/C9H18N2O2/c1-9(2,3)7(10)8(12)11-6-4-13-5-6/h6-7H,4-5,10H2,1-3H3,(H,11,12)/t7-/m0/s1. The number of nitrogens with two attached hydrogens (primary N) is 1. The Balaban J connectivity index is 2.37. The van der Waals surface area contributed by atoms with E-state index in [-0.39, 0.29) is 17.4 Å². The maximum atomic E-state index is 11.5. The predicted molar refractivity (Wildman–Crippen MR) is 50.2 cm³/mol. The average Bonchev–Trinajstić information content (AvgIpc) is 1.93. The third kappa shape index (κ3) is 2.67. The van der Waals surface area contributed by atoms with Crippen molar-refractivity contribution in [2.75, 3.05) is 13.2 Å². The average molecular weight is 186 g/mol. The van der Waals surface area contributed by atoms with Gasteiger partial charge in [-0.2, -0.15) is 0 Å². The first-order valence-corrected chi connectivity index (χ1v) is 4.55. The van der Waals surface area contributed by atoms with E-state index in [2.05, 4.69) is 5.32 Å². The van der Waals surface area contributed by atoms with Crippen molar-refractivity contribution < 1.29 is 9.53 Å². The second-order valence-electron chi connectivity index (χ2n) is 4.59. The van der Waals surface area contributed by atoms with Gasteiger partial charge in [-0.25, -0.2) is 0 Å². The summed E-state index contributed by atoms with van der Waals surface area (Å²) in [6.45, 7) is 7.09. The third-order valence-corrected chi connectivity index (χ3v) is 2.20. The molecule has 0 spiro atoms. The molecule has 13 heavy (non-hydrogen) atoms. The summed E-state index contributed by atoms with van der Waals surface area (Å²) in [7, 11) is 0. The summed E-state index contributed by atoms with van der Waals surface area (Å²) >= 11 is 0. The van der Waals surface area contributed by atoms with Crippen molar-refractivity contribution in [2.45, 2.75) is 32.9 Å². The van der Waals surface area contributed by atoms with Gasteiger partial charge in [0.25, 0.3) is 0 Å². The number of ether oxygens (including phenoxy) is 1. The Morgan fingerprint density at radius 2 is 2.08 bits per heavy atom. The van der Waals surface area contributed by atoms with Gasteiger partial charge < -0.3 is 15.8 Å². The van der Waals surface area contributed by atoms with E-state index in [4.69, 9.17) is 10.5 Å². The lowest BCUT2D eigenvalue weighted by molar-refractivity contribution is -0.128. The fourth-order valence-electron chi connectivity index (χ4n) is 1.00. The maximum Gasteiger partial charge on any atom is 0.237 e. The van der Waals surface area contributed by atoms with E-state index in [9.17, 15) is 4.79 Å². The Kier molecular flexibility index (Phi) is 2.93. The highest BCUT2D eigenvalue weighted by atomic mass is 16.5. The van der Waals surface area contributed by atoms with Crippen LogP contribution in [0.5, 0.6) is 0 Å². The van der Waals surface area contributed by atoms with Gasteiger partial charge in [0.2, 0.25) is 5.91 Å². The van der Waals surface area contributed by atoms with Crippen molar-refractivity contribution in [1.29, 1.82) is 0 Å². The molecule has 1 saturated heterocycles. The highest BCUT2D eigenvalue weighted by Crippen LogP contribution is 2.17. The summed E-state index contributed by atoms with van der Waals surface area (Å²) in [5.41, 5.74) is 5.58. The second-order valence-corrected chi connectivity index (χ2v) is 4.59. The van der Waals surface area contributed by atoms with Crippen molar-refractivity contribution in [2.24, 2.45) is 11.1 Å². The molecule has 0 aromatic rings. The van der Waals surface area contributed by atoms with Crippen LogP contribution >= 0.6 is 0 Å². The number of carbonyl (C=O) groups is 1. The van der Waals surface area contributed by atoms with Gasteiger partial charge in [-0.15, -0.1) is 0 Å². The van der Waals surface area contributed by atoms with Gasteiger partial charge in [-0.1, -0.05) is 20.8 Å². The molecule has 4 heteroatoms. The number of rotatable bonds is 2. The normalized spacial score (nSPS) is 20.6. The van der Waals surface area contributed by atoms with Gasteiger partial charge in [-0.3, -0.25) is 4.79 Å². The van der Waals surface area contributed by atoms with Crippen molar-refractivity contribution >= 4 is 5.91 Å². The Morgan fingerprint density at radius 3 is 2.38 bits per heavy atom. The quantitative estimate of drug-likeness (QED) is 0.631. The molecular formula is C9H18N2O2. The maximum absolute atomic E-state index is 11.5. The van der Waals surface area contributed by atoms with Crippen LogP contribution in [-0.4, -0.2) is 31.2 Å². The van der Waals surface area contributed by atoms with Crippen LogP contribution in [0.3, 0.4) is 0 Å². The molecule has 76 valence electrons. The molecule has 0 radical (unpaired) electrons. The highest BCUT2D eigenvalue weighted by molar-refractivity contribution is 5.82. The minimum atomic E-state index is -0.451. The molecule has 3 N–H and O–H groups in total. The molecule has 0 saturated carbocycles. The van der Waals surface area contributed by atoms with Crippen LogP contribution in [0.4, 0.5) is 0 Å². The number of carbonyl (C=O) groups excluding carboxylic acids is 1. The van der Waals surface area contributed by atoms with Gasteiger partial charge in [0.05, 0.1) is 25.3 Å². The van der Waals surface area contributed by atoms with Crippen molar-refractivity contribution in [3.8, 4) is 0 Å². The fourth-order valence-corrected chi connectivity index (χ4v) is 1.00. The monoisotopic (exact) mass is 186 g/mol. The van der Waals surface area contributed by atoms with E-state index in [1.807, 2.05) is 20.8 Å². The lowest BCUT2D eigenvalue weighted by atomic mass is 9.87. The molecule has 1 amide bonds.